The summed E-state index contributed by atoms with van der Waals surface area (Å²) in [5, 5.41) is 8.28. The molecule has 0 radical (unpaired) electrons. The van der Waals surface area contributed by atoms with Gasteiger partial charge in [0.05, 0.1) is 11.4 Å². The van der Waals surface area contributed by atoms with Gasteiger partial charge in [-0.05, 0) is 23.8 Å². The van der Waals surface area contributed by atoms with Crippen LogP contribution in [0.25, 0.3) is 5.69 Å². The van der Waals surface area contributed by atoms with Crippen LogP contribution in [0.5, 0.6) is 0 Å². The van der Waals surface area contributed by atoms with E-state index in [0.29, 0.717) is 0 Å². The average Bonchev–Trinajstić information content (AvgIpc) is 2.99. The molecule has 0 fully saturated rings. The number of rotatable bonds is 4. The second-order valence-electron chi connectivity index (χ2n) is 6.63. The van der Waals surface area contributed by atoms with E-state index in [9.17, 15) is 0 Å². The van der Waals surface area contributed by atoms with E-state index >= 15 is 0 Å². The number of anilines is 1. The largest absolute Gasteiger partial charge is 0.366 e. The second-order valence-corrected chi connectivity index (χ2v) is 6.63. The number of hydrogen-bond acceptors (Lipinski definition) is 3. The van der Waals surface area contributed by atoms with Crippen LogP contribution in [-0.2, 0) is 12.0 Å². The lowest BCUT2D eigenvalue weighted by molar-refractivity contribution is 0.560. The molecule has 0 amide bonds. The lowest BCUT2D eigenvalue weighted by Crippen LogP contribution is -2.12. The highest BCUT2D eigenvalue weighted by atomic mass is 15.3. The predicted octanol–water partition coefficient (Wildman–Crippen LogP) is 4.18. The van der Waals surface area contributed by atoms with E-state index < -0.39 is 0 Å². The van der Waals surface area contributed by atoms with E-state index in [2.05, 4.69) is 55.3 Å². The minimum atomic E-state index is 0.00473. The lowest BCUT2D eigenvalue weighted by atomic mass is 9.92. The summed E-state index contributed by atoms with van der Waals surface area (Å²) in [5.41, 5.74) is 3.27. The van der Waals surface area contributed by atoms with Crippen LogP contribution < -0.4 is 5.32 Å². The summed E-state index contributed by atoms with van der Waals surface area (Å²) in [7, 11) is 0. The maximum atomic E-state index is 4.80. The molecule has 0 aliphatic rings. The summed E-state index contributed by atoms with van der Waals surface area (Å²) < 4.78 is 1.97. The first kappa shape index (κ1) is 15.3. The van der Waals surface area contributed by atoms with Gasteiger partial charge in [0.1, 0.15) is 5.82 Å². The van der Waals surface area contributed by atoms with Gasteiger partial charge in [-0.1, -0.05) is 45.0 Å². The first-order chi connectivity index (χ1) is 11.0. The van der Waals surface area contributed by atoms with Crippen LogP contribution in [0, 0.1) is 0 Å². The van der Waals surface area contributed by atoms with E-state index in [1.165, 1.54) is 0 Å². The molecule has 2 heterocycles. The molecule has 2 aromatic heterocycles. The quantitative estimate of drug-likeness (QED) is 0.786. The van der Waals surface area contributed by atoms with Gasteiger partial charge in [0.25, 0.3) is 0 Å². The third-order valence-corrected chi connectivity index (χ3v) is 3.67. The fraction of sp³-hybridized carbons (Fsp3) is 0.263. The van der Waals surface area contributed by atoms with Crippen LogP contribution in [-0.4, -0.2) is 14.8 Å². The first-order valence-electron chi connectivity index (χ1n) is 7.83. The Hall–Kier alpha value is -2.62. The molecule has 0 aliphatic heterocycles. The Morgan fingerprint density at radius 2 is 1.83 bits per heavy atom. The number of nitrogens with zero attached hydrogens (tertiary/aromatic N) is 3. The summed E-state index contributed by atoms with van der Waals surface area (Å²) in [6, 6.07) is 16.3. The topological polar surface area (TPSA) is 42.7 Å². The van der Waals surface area contributed by atoms with Gasteiger partial charge in [-0.3, -0.25) is 4.98 Å². The molecule has 118 valence electrons. The van der Waals surface area contributed by atoms with Crippen LogP contribution in [0.1, 0.15) is 32.0 Å². The molecule has 4 nitrogen and oxygen atoms in total. The van der Waals surface area contributed by atoms with Crippen LogP contribution in [0.3, 0.4) is 0 Å². The van der Waals surface area contributed by atoms with Gasteiger partial charge in [0.15, 0.2) is 0 Å². The van der Waals surface area contributed by atoms with Gasteiger partial charge in [-0.25, -0.2) is 4.68 Å². The zero-order valence-electron chi connectivity index (χ0n) is 13.8. The third kappa shape index (κ3) is 3.59. The molecule has 0 spiro atoms. The molecule has 0 unspecified atom stereocenters. The number of benzene rings is 1. The van der Waals surface area contributed by atoms with Crippen molar-refractivity contribution in [2.24, 2.45) is 0 Å². The summed E-state index contributed by atoms with van der Waals surface area (Å²) in [6.45, 7) is 7.25. The van der Waals surface area contributed by atoms with Crippen LogP contribution >= 0.6 is 0 Å². The van der Waals surface area contributed by atoms with Crippen LogP contribution in [0.15, 0.2) is 60.9 Å². The zero-order chi connectivity index (χ0) is 16.3. The number of aromatic nitrogens is 3. The van der Waals surface area contributed by atoms with E-state index in [1.807, 2.05) is 35.1 Å². The fourth-order valence-electron chi connectivity index (χ4n) is 2.33. The first-order valence-corrected chi connectivity index (χ1v) is 7.83. The summed E-state index contributed by atoms with van der Waals surface area (Å²) in [6.07, 6.45) is 3.66. The molecule has 3 rings (SSSR count). The Morgan fingerprint density at radius 3 is 2.48 bits per heavy atom. The molecule has 1 N–H and O–H groups in total. The molecule has 0 bridgehead atoms. The SMILES string of the molecule is CC(C)(C)c1cc(NCc2cccnc2)n(-c2ccccc2)n1. The summed E-state index contributed by atoms with van der Waals surface area (Å²) >= 11 is 0. The Balaban J connectivity index is 1.92. The molecule has 0 atom stereocenters. The highest BCUT2D eigenvalue weighted by molar-refractivity contribution is 5.47. The normalized spacial score (nSPS) is 11.4. The molecular weight excluding hydrogens is 284 g/mol. The number of para-hydroxylation sites is 1. The molecule has 4 heteroatoms. The Bertz CT molecular complexity index is 755. The Kier molecular flexibility index (Phi) is 4.15. The summed E-state index contributed by atoms with van der Waals surface area (Å²) in [4.78, 5) is 4.16. The molecule has 0 saturated carbocycles. The van der Waals surface area contributed by atoms with E-state index in [4.69, 9.17) is 5.10 Å². The van der Waals surface area contributed by atoms with Crippen LogP contribution in [0.4, 0.5) is 5.82 Å². The van der Waals surface area contributed by atoms with Gasteiger partial charge in [-0.2, -0.15) is 5.10 Å². The monoisotopic (exact) mass is 306 g/mol. The Labute approximate surface area is 137 Å². The van der Waals surface area contributed by atoms with Crippen molar-refractivity contribution in [2.75, 3.05) is 5.32 Å². The van der Waals surface area contributed by atoms with Gasteiger partial charge < -0.3 is 5.32 Å². The van der Waals surface area contributed by atoms with Gasteiger partial charge >= 0.3 is 0 Å². The van der Waals surface area contributed by atoms with E-state index in [0.717, 1.165) is 29.3 Å². The maximum absolute atomic E-state index is 4.80. The van der Waals surface area contributed by atoms with Crippen molar-refractivity contribution in [3.05, 3.63) is 72.2 Å². The van der Waals surface area contributed by atoms with Crippen molar-refractivity contribution in [3.8, 4) is 5.69 Å². The minimum absolute atomic E-state index is 0.00473. The van der Waals surface area contributed by atoms with Crippen molar-refractivity contribution >= 4 is 5.82 Å². The molecular formula is C19H22N4. The summed E-state index contributed by atoms with van der Waals surface area (Å²) in [5.74, 6) is 0.991. The van der Waals surface area contributed by atoms with Gasteiger partial charge in [0, 0.05) is 30.4 Å². The van der Waals surface area contributed by atoms with Crippen molar-refractivity contribution in [2.45, 2.75) is 32.7 Å². The molecule has 1 aromatic carbocycles. The molecule has 23 heavy (non-hydrogen) atoms. The maximum Gasteiger partial charge on any atom is 0.130 e. The molecule has 3 aromatic rings. The van der Waals surface area contributed by atoms with Crippen LogP contribution in [0.2, 0.25) is 0 Å². The third-order valence-electron chi connectivity index (χ3n) is 3.67. The molecule has 0 aliphatic carbocycles. The van der Waals surface area contributed by atoms with Crippen molar-refractivity contribution < 1.29 is 0 Å². The lowest BCUT2D eigenvalue weighted by Gasteiger charge is -2.14. The van der Waals surface area contributed by atoms with Gasteiger partial charge in [-0.15, -0.1) is 0 Å². The minimum Gasteiger partial charge on any atom is -0.366 e. The predicted molar refractivity (Wildman–Crippen MR) is 93.8 cm³/mol. The standard InChI is InChI=1S/C19H22N4/c1-19(2,3)17-12-18(21-14-15-8-7-11-20-13-15)23(22-17)16-9-5-4-6-10-16/h4-13,21H,14H2,1-3H3. The highest BCUT2D eigenvalue weighted by Gasteiger charge is 2.20. The smallest absolute Gasteiger partial charge is 0.130 e. The number of nitrogens with one attached hydrogen (secondary N) is 1. The number of hydrogen-bond donors (Lipinski definition) is 1. The second kappa shape index (κ2) is 6.24. The zero-order valence-corrected chi connectivity index (χ0v) is 13.8. The van der Waals surface area contributed by atoms with E-state index in [1.54, 1.807) is 6.20 Å². The van der Waals surface area contributed by atoms with Crippen molar-refractivity contribution in [3.63, 3.8) is 0 Å². The fourth-order valence-corrected chi connectivity index (χ4v) is 2.33. The average molecular weight is 306 g/mol. The highest BCUT2D eigenvalue weighted by Crippen LogP contribution is 2.26. The van der Waals surface area contributed by atoms with E-state index in [-0.39, 0.29) is 5.41 Å². The van der Waals surface area contributed by atoms with Crippen molar-refractivity contribution in [1.29, 1.82) is 0 Å². The molecule has 0 saturated heterocycles. The van der Waals surface area contributed by atoms with Gasteiger partial charge in [0.2, 0.25) is 0 Å². The number of pyridine rings is 1. The van der Waals surface area contributed by atoms with Crippen molar-refractivity contribution in [1.82, 2.24) is 14.8 Å². The Morgan fingerprint density at radius 1 is 1.04 bits per heavy atom.